The molecule has 0 spiro atoms. The average Bonchev–Trinajstić information content (AvgIpc) is 2.20. The monoisotopic (exact) mass is 345 g/mol. The van der Waals surface area contributed by atoms with Crippen LogP contribution in [0.25, 0.3) is 0 Å². The molecule has 18 heavy (non-hydrogen) atoms. The van der Waals surface area contributed by atoms with E-state index in [1.165, 1.54) is 6.07 Å². The number of alkyl halides is 2. The van der Waals surface area contributed by atoms with Crippen molar-refractivity contribution in [2.45, 2.75) is 12.0 Å². The average molecular weight is 347 g/mol. The number of alkyl carbamates (subject to hydrolysis) is 1. The number of carbonyl (C=O) groups is 1. The number of cyclic esters (lactones) is 1. The first-order chi connectivity index (χ1) is 7.88. The number of benzene rings is 1. The first-order valence-corrected chi connectivity index (χ1v) is 5.45. The second-order valence-corrected chi connectivity index (χ2v) is 4.53. The van der Waals surface area contributed by atoms with Crippen LogP contribution in [0.15, 0.2) is 22.7 Å². The molecule has 1 amide bonds. The van der Waals surface area contributed by atoms with Gasteiger partial charge in [-0.15, -0.1) is 12.4 Å². The molecule has 1 aromatic rings. The van der Waals surface area contributed by atoms with Gasteiger partial charge in [0.1, 0.15) is 11.9 Å². The lowest BCUT2D eigenvalue weighted by atomic mass is 10.00. The van der Waals surface area contributed by atoms with Gasteiger partial charge in [-0.1, -0.05) is 15.9 Å². The van der Waals surface area contributed by atoms with E-state index in [9.17, 15) is 18.0 Å². The Bertz CT molecular complexity index is 452. The van der Waals surface area contributed by atoms with E-state index in [4.69, 9.17) is 0 Å². The van der Waals surface area contributed by atoms with Crippen LogP contribution in [0.5, 0.6) is 0 Å². The predicted octanol–water partition coefficient (Wildman–Crippen LogP) is 3.43. The van der Waals surface area contributed by atoms with Crippen LogP contribution < -0.4 is 5.32 Å². The molecular weight excluding hydrogens is 338 g/mol. The lowest BCUT2D eigenvalue weighted by Gasteiger charge is -2.31. The molecule has 0 bridgehead atoms. The summed E-state index contributed by atoms with van der Waals surface area (Å²) in [6, 6.07) is 1.83. The number of rotatable bonds is 1. The molecule has 0 saturated carbocycles. The van der Waals surface area contributed by atoms with E-state index in [1.807, 2.05) is 5.32 Å². The van der Waals surface area contributed by atoms with Crippen LogP contribution in [0, 0.1) is 5.82 Å². The summed E-state index contributed by atoms with van der Waals surface area (Å²) in [7, 11) is 0. The van der Waals surface area contributed by atoms with E-state index >= 15 is 0 Å². The van der Waals surface area contributed by atoms with Crippen molar-refractivity contribution in [1.82, 2.24) is 5.32 Å². The van der Waals surface area contributed by atoms with Crippen LogP contribution in [0.2, 0.25) is 0 Å². The highest BCUT2D eigenvalue weighted by atomic mass is 79.9. The Morgan fingerprint density at radius 3 is 2.67 bits per heavy atom. The smallest absolute Gasteiger partial charge is 0.408 e. The Labute approximate surface area is 115 Å². The summed E-state index contributed by atoms with van der Waals surface area (Å²) in [5, 5.41) is 1.98. The van der Waals surface area contributed by atoms with E-state index in [1.54, 1.807) is 0 Å². The van der Waals surface area contributed by atoms with E-state index in [0.717, 1.165) is 12.1 Å². The van der Waals surface area contributed by atoms with Gasteiger partial charge in [-0.25, -0.2) is 18.0 Å². The summed E-state index contributed by atoms with van der Waals surface area (Å²) in [5.41, 5.74) is -0.0153. The van der Waals surface area contributed by atoms with Gasteiger partial charge in [0.25, 0.3) is 0 Å². The van der Waals surface area contributed by atoms with Crippen molar-refractivity contribution in [2.24, 2.45) is 0 Å². The highest BCUT2D eigenvalue weighted by molar-refractivity contribution is 9.10. The van der Waals surface area contributed by atoms with Gasteiger partial charge < -0.3 is 10.1 Å². The fourth-order valence-electron chi connectivity index (χ4n) is 1.58. The molecule has 0 aromatic heterocycles. The maximum absolute atomic E-state index is 13.5. The zero-order valence-corrected chi connectivity index (χ0v) is 11.2. The number of hydrogen-bond acceptors (Lipinski definition) is 2. The minimum absolute atomic E-state index is 0. The zero-order chi connectivity index (χ0) is 12.6. The SMILES string of the molecule is Cl.O=C1N[C@@H](c2cc(F)cc(Br)c2)C(F)(F)CO1. The third kappa shape index (κ3) is 3.08. The maximum Gasteiger partial charge on any atom is 0.408 e. The first-order valence-electron chi connectivity index (χ1n) is 4.65. The minimum atomic E-state index is -3.28. The molecule has 1 aliphatic heterocycles. The Morgan fingerprint density at radius 2 is 2.06 bits per heavy atom. The van der Waals surface area contributed by atoms with Crippen molar-refractivity contribution in [1.29, 1.82) is 0 Å². The maximum atomic E-state index is 13.5. The molecule has 1 saturated heterocycles. The Hall–Kier alpha value is -0.950. The van der Waals surface area contributed by atoms with Gasteiger partial charge in [-0.2, -0.15) is 0 Å². The van der Waals surface area contributed by atoms with Crippen molar-refractivity contribution in [3.05, 3.63) is 34.1 Å². The van der Waals surface area contributed by atoms with E-state index in [-0.39, 0.29) is 18.0 Å². The van der Waals surface area contributed by atoms with Crippen molar-refractivity contribution in [3.8, 4) is 0 Å². The zero-order valence-electron chi connectivity index (χ0n) is 8.75. The highest BCUT2D eigenvalue weighted by Crippen LogP contribution is 2.35. The second kappa shape index (κ2) is 5.36. The van der Waals surface area contributed by atoms with Gasteiger partial charge >= 0.3 is 12.0 Å². The fourth-order valence-corrected chi connectivity index (χ4v) is 2.06. The van der Waals surface area contributed by atoms with Crippen molar-refractivity contribution >= 4 is 34.4 Å². The van der Waals surface area contributed by atoms with E-state index < -0.39 is 30.5 Å². The quantitative estimate of drug-likeness (QED) is 0.846. The van der Waals surface area contributed by atoms with Crippen LogP contribution in [-0.4, -0.2) is 18.6 Å². The number of amides is 1. The molecule has 100 valence electrons. The summed E-state index contributed by atoms with van der Waals surface area (Å²) < 4.78 is 44.7. The molecule has 0 radical (unpaired) electrons. The van der Waals surface area contributed by atoms with Gasteiger partial charge in [0.05, 0.1) is 0 Å². The van der Waals surface area contributed by atoms with Crippen molar-refractivity contribution in [2.75, 3.05) is 6.61 Å². The first kappa shape index (κ1) is 15.1. The van der Waals surface area contributed by atoms with E-state index in [0.29, 0.717) is 4.47 Å². The number of carbonyl (C=O) groups excluding carboxylic acids is 1. The van der Waals surface area contributed by atoms with Crippen LogP contribution >= 0.6 is 28.3 Å². The molecule has 1 fully saturated rings. The van der Waals surface area contributed by atoms with Gasteiger partial charge in [0.2, 0.25) is 0 Å². The Morgan fingerprint density at radius 1 is 1.39 bits per heavy atom. The second-order valence-electron chi connectivity index (χ2n) is 3.62. The highest BCUT2D eigenvalue weighted by Gasteiger charge is 2.46. The molecule has 0 aliphatic carbocycles. The summed E-state index contributed by atoms with van der Waals surface area (Å²) in [6.45, 7) is -1.02. The normalized spacial score (nSPS) is 21.6. The number of nitrogens with one attached hydrogen (secondary N) is 1. The van der Waals surface area contributed by atoms with Crippen LogP contribution in [0.3, 0.4) is 0 Å². The molecule has 2 rings (SSSR count). The summed E-state index contributed by atoms with van der Waals surface area (Å²) in [4.78, 5) is 10.9. The van der Waals surface area contributed by atoms with Crippen molar-refractivity contribution in [3.63, 3.8) is 0 Å². The minimum Gasteiger partial charge on any atom is -0.443 e. The molecule has 1 atom stereocenters. The molecular formula is C10H8BrClF3NO2. The summed E-state index contributed by atoms with van der Waals surface area (Å²) in [5.74, 6) is -3.94. The summed E-state index contributed by atoms with van der Waals surface area (Å²) >= 11 is 3.00. The van der Waals surface area contributed by atoms with Crippen LogP contribution in [0.4, 0.5) is 18.0 Å². The topological polar surface area (TPSA) is 38.3 Å². The van der Waals surface area contributed by atoms with Crippen LogP contribution in [-0.2, 0) is 4.74 Å². The lowest BCUT2D eigenvalue weighted by Crippen LogP contribution is -2.49. The van der Waals surface area contributed by atoms with Gasteiger partial charge in [0.15, 0.2) is 6.61 Å². The molecule has 1 aliphatic rings. The third-order valence-corrected chi connectivity index (χ3v) is 2.76. The molecule has 3 nitrogen and oxygen atoms in total. The lowest BCUT2D eigenvalue weighted by molar-refractivity contribution is -0.104. The predicted molar refractivity (Wildman–Crippen MR) is 63.5 cm³/mol. The Balaban J connectivity index is 0.00000162. The largest absolute Gasteiger partial charge is 0.443 e. The van der Waals surface area contributed by atoms with Gasteiger partial charge in [0, 0.05) is 4.47 Å². The Kier molecular flexibility index (Phi) is 4.50. The number of hydrogen-bond donors (Lipinski definition) is 1. The molecule has 1 aromatic carbocycles. The standard InChI is InChI=1S/C10H7BrF3NO2.ClH/c11-6-1-5(2-7(12)3-6)8-10(13,14)4-17-9(16)15-8;/h1-3,8H,4H2,(H,15,16);1H/t8-;/m0./s1. The molecule has 0 unspecified atom stereocenters. The molecule has 8 heteroatoms. The summed E-state index contributed by atoms with van der Waals surface area (Å²) in [6.07, 6.45) is -0.943. The number of ether oxygens (including phenoxy) is 1. The fraction of sp³-hybridized carbons (Fsp3) is 0.300. The van der Waals surface area contributed by atoms with Gasteiger partial charge in [-0.05, 0) is 23.8 Å². The molecule has 1 N–H and O–H groups in total. The van der Waals surface area contributed by atoms with Gasteiger partial charge in [-0.3, -0.25) is 0 Å². The number of halogens is 5. The van der Waals surface area contributed by atoms with Crippen LogP contribution in [0.1, 0.15) is 11.6 Å². The molecule has 1 heterocycles. The third-order valence-electron chi connectivity index (χ3n) is 2.30. The van der Waals surface area contributed by atoms with Crippen molar-refractivity contribution < 1.29 is 22.7 Å². The van der Waals surface area contributed by atoms with E-state index in [2.05, 4.69) is 20.7 Å².